The van der Waals surface area contributed by atoms with Crippen LogP contribution >= 0.6 is 0 Å². The Bertz CT molecular complexity index is 335. The van der Waals surface area contributed by atoms with Gasteiger partial charge in [-0.3, -0.25) is 4.79 Å². The van der Waals surface area contributed by atoms with Gasteiger partial charge < -0.3 is 10.1 Å². The van der Waals surface area contributed by atoms with Crippen molar-refractivity contribution in [2.24, 2.45) is 5.92 Å². The summed E-state index contributed by atoms with van der Waals surface area (Å²) in [6, 6.07) is 3.50. The molecule has 0 aliphatic carbocycles. The van der Waals surface area contributed by atoms with E-state index in [0.29, 0.717) is 11.6 Å². The van der Waals surface area contributed by atoms with E-state index in [2.05, 4.69) is 17.2 Å². The summed E-state index contributed by atoms with van der Waals surface area (Å²) in [7, 11) is 1.56. The van der Waals surface area contributed by atoms with Gasteiger partial charge in [-0.2, -0.15) is 0 Å². The standard InChI is InChI=1S/C12H18N2O2/c1-4-5-9(2)12(15)14-10-6-7-11(16-3)13-8-10/h6-9H,4-5H2,1-3H3,(H,14,15)/t9-/m1/s1. The quantitative estimate of drug-likeness (QED) is 0.832. The summed E-state index contributed by atoms with van der Waals surface area (Å²) >= 11 is 0. The molecule has 0 spiro atoms. The summed E-state index contributed by atoms with van der Waals surface area (Å²) in [6.07, 6.45) is 3.50. The number of anilines is 1. The molecule has 0 aliphatic heterocycles. The fourth-order valence-corrected chi connectivity index (χ4v) is 1.40. The van der Waals surface area contributed by atoms with E-state index in [4.69, 9.17) is 4.74 Å². The first-order valence-corrected chi connectivity index (χ1v) is 5.48. The van der Waals surface area contributed by atoms with Crippen LogP contribution in [0.4, 0.5) is 5.69 Å². The van der Waals surface area contributed by atoms with Crippen LogP contribution in [0.15, 0.2) is 18.3 Å². The smallest absolute Gasteiger partial charge is 0.227 e. The molecule has 0 aliphatic rings. The highest BCUT2D eigenvalue weighted by molar-refractivity contribution is 5.92. The molecule has 1 atom stereocenters. The lowest BCUT2D eigenvalue weighted by molar-refractivity contribution is -0.119. The lowest BCUT2D eigenvalue weighted by Gasteiger charge is -2.10. The maximum absolute atomic E-state index is 11.7. The molecule has 1 aromatic rings. The van der Waals surface area contributed by atoms with Crippen molar-refractivity contribution in [2.45, 2.75) is 26.7 Å². The molecule has 1 rings (SSSR count). The molecule has 0 saturated carbocycles. The second kappa shape index (κ2) is 6.10. The first kappa shape index (κ1) is 12.5. The largest absolute Gasteiger partial charge is 0.481 e. The fourth-order valence-electron chi connectivity index (χ4n) is 1.40. The molecular weight excluding hydrogens is 204 g/mol. The van der Waals surface area contributed by atoms with Crippen molar-refractivity contribution < 1.29 is 9.53 Å². The highest BCUT2D eigenvalue weighted by Crippen LogP contribution is 2.13. The lowest BCUT2D eigenvalue weighted by atomic mass is 10.1. The monoisotopic (exact) mass is 222 g/mol. The number of methoxy groups -OCH3 is 1. The van der Waals surface area contributed by atoms with Crippen LogP contribution in [0.1, 0.15) is 26.7 Å². The van der Waals surface area contributed by atoms with Gasteiger partial charge in [0.25, 0.3) is 0 Å². The maximum atomic E-state index is 11.7. The number of hydrogen-bond donors (Lipinski definition) is 1. The number of amides is 1. The van der Waals surface area contributed by atoms with Crippen molar-refractivity contribution >= 4 is 11.6 Å². The number of nitrogens with one attached hydrogen (secondary N) is 1. The number of carbonyl (C=O) groups excluding carboxylic acids is 1. The van der Waals surface area contributed by atoms with Crippen LogP contribution < -0.4 is 10.1 Å². The maximum Gasteiger partial charge on any atom is 0.227 e. The van der Waals surface area contributed by atoms with Crippen molar-refractivity contribution in [3.8, 4) is 5.88 Å². The van der Waals surface area contributed by atoms with E-state index in [-0.39, 0.29) is 11.8 Å². The van der Waals surface area contributed by atoms with Gasteiger partial charge in [0.15, 0.2) is 0 Å². The first-order chi connectivity index (χ1) is 7.67. The lowest BCUT2D eigenvalue weighted by Crippen LogP contribution is -2.20. The van der Waals surface area contributed by atoms with Crippen LogP contribution in [0.25, 0.3) is 0 Å². The summed E-state index contributed by atoms with van der Waals surface area (Å²) in [5.41, 5.74) is 0.703. The first-order valence-electron chi connectivity index (χ1n) is 5.48. The third kappa shape index (κ3) is 3.53. The minimum Gasteiger partial charge on any atom is -0.481 e. The Morgan fingerprint density at radius 1 is 1.56 bits per heavy atom. The van der Waals surface area contributed by atoms with E-state index in [0.717, 1.165) is 12.8 Å². The zero-order valence-corrected chi connectivity index (χ0v) is 9.99. The van der Waals surface area contributed by atoms with Crippen molar-refractivity contribution in [2.75, 3.05) is 12.4 Å². The fraction of sp³-hybridized carbons (Fsp3) is 0.500. The van der Waals surface area contributed by atoms with E-state index < -0.39 is 0 Å². The minimum atomic E-state index is 0.0344. The minimum absolute atomic E-state index is 0.0344. The molecule has 0 radical (unpaired) electrons. The van der Waals surface area contributed by atoms with Crippen LogP contribution in [0.5, 0.6) is 5.88 Å². The Morgan fingerprint density at radius 2 is 2.31 bits per heavy atom. The highest BCUT2D eigenvalue weighted by atomic mass is 16.5. The molecule has 0 saturated heterocycles. The molecule has 1 N–H and O–H groups in total. The Balaban J connectivity index is 2.55. The van der Waals surface area contributed by atoms with E-state index in [1.165, 1.54) is 0 Å². The molecule has 1 amide bonds. The van der Waals surface area contributed by atoms with Crippen molar-refractivity contribution in [3.05, 3.63) is 18.3 Å². The summed E-state index contributed by atoms with van der Waals surface area (Å²) < 4.78 is 4.94. The van der Waals surface area contributed by atoms with Crippen LogP contribution in [-0.4, -0.2) is 18.0 Å². The van der Waals surface area contributed by atoms with Crippen LogP contribution in [0.3, 0.4) is 0 Å². The summed E-state index contributed by atoms with van der Waals surface area (Å²) in [6.45, 7) is 3.99. The van der Waals surface area contributed by atoms with Crippen LogP contribution in [-0.2, 0) is 4.79 Å². The Morgan fingerprint density at radius 3 is 2.81 bits per heavy atom. The number of nitrogens with zero attached hydrogens (tertiary/aromatic N) is 1. The Kier molecular flexibility index (Phi) is 4.76. The number of rotatable bonds is 5. The normalized spacial score (nSPS) is 11.9. The predicted molar refractivity (Wildman–Crippen MR) is 63.5 cm³/mol. The van der Waals surface area contributed by atoms with Gasteiger partial charge in [-0.15, -0.1) is 0 Å². The Labute approximate surface area is 96.0 Å². The van der Waals surface area contributed by atoms with Gasteiger partial charge in [-0.05, 0) is 12.5 Å². The van der Waals surface area contributed by atoms with Crippen molar-refractivity contribution in [1.29, 1.82) is 0 Å². The number of hydrogen-bond acceptors (Lipinski definition) is 3. The molecule has 0 unspecified atom stereocenters. The van der Waals surface area contributed by atoms with Crippen molar-refractivity contribution in [1.82, 2.24) is 4.98 Å². The number of ether oxygens (including phenoxy) is 1. The van der Waals surface area contributed by atoms with Gasteiger partial charge in [0, 0.05) is 12.0 Å². The second-order valence-corrected chi connectivity index (χ2v) is 3.77. The number of carbonyl (C=O) groups is 1. The Hall–Kier alpha value is -1.58. The van der Waals surface area contributed by atoms with E-state index in [9.17, 15) is 4.79 Å². The summed E-state index contributed by atoms with van der Waals surface area (Å²) in [4.78, 5) is 15.7. The van der Waals surface area contributed by atoms with Gasteiger partial charge in [0.2, 0.25) is 11.8 Å². The molecule has 4 heteroatoms. The summed E-state index contributed by atoms with van der Waals surface area (Å²) in [5.74, 6) is 0.612. The van der Waals surface area contributed by atoms with Crippen molar-refractivity contribution in [3.63, 3.8) is 0 Å². The third-order valence-corrected chi connectivity index (χ3v) is 2.38. The third-order valence-electron chi connectivity index (χ3n) is 2.38. The van der Waals surface area contributed by atoms with Crippen LogP contribution in [0, 0.1) is 5.92 Å². The average molecular weight is 222 g/mol. The van der Waals surface area contributed by atoms with E-state index >= 15 is 0 Å². The van der Waals surface area contributed by atoms with Gasteiger partial charge in [0.05, 0.1) is 19.0 Å². The SMILES string of the molecule is CCC[C@@H](C)C(=O)Nc1ccc(OC)nc1. The number of aromatic nitrogens is 1. The molecular formula is C12H18N2O2. The zero-order valence-electron chi connectivity index (χ0n) is 9.99. The van der Waals surface area contributed by atoms with Gasteiger partial charge in [-0.1, -0.05) is 20.3 Å². The predicted octanol–water partition coefficient (Wildman–Crippen LogP) is 2.46. The average Bonchev–Trinajstić information content (AvgIpc) is 2.30. The highest BCUT2D eigenvalue weighted by Gasteiger charge is 2.11. The zero-order chi connectivity index (χ0) is 12.0. The molecule has 88 valence electrons. The van der Waals surface area contributed by atoms with Gasteiger partial charge >= 0.3 is 0 Å². The topological polar surface area (TPSA) is 51.2 Å². The molecule has 0 fully saturated rings. The van der Waals surface area contributed by atoms with Gasteiger partial charge in [0.1, 0.15) is 0 Å². The second-order valence-electron chi connectivity index (χ2n) is 3.77. The molecule has 1 heterocycles. The molecule has 1 aromatic heterocycles. The molecule has 16 heavy (non-hydrogen) atoms. The number of pyridine rings is 1. The summed E-state index contributed by atoms with van der Waals surface area (Å²) in [5, 5.41) is 2.82. The molecule has 4 nitrogen and oxygen atoms in total. The van der Waals surface area contributed by atoms with Crippen LogP contribution in [0.2, 0.25) is 0 Å². The van der Waals surface area contributed by atoms with E-state index in [1.807, 2.05) is 6.92 Å². The molecule has 0 bridgehead atoms. The van der Waals surface area contributed by atoms with E-state index in [1.54, 1.807) is 25.4 Å². The van der Waals surface area contributed by atoms with Gasteiger partial charge in [-0.25, -0.2) is 4.98 Å². The molecule has 0 aromatic carbocycles.